The summed E-state index contributed by atoms with van der Waals surface area (Å²) < 4.78 is 7.44. The second-order valence-corrected chi connectivity index (χ2v) is 7.87. The van der Waals surface area contributed by atoms with Crippen LogP contribution in [-0.2, 0) is 0 Å². The highest BCUT2D eigenvalue weighted by atomic mass is 32.1. The maximum Gasteiger partial charge on any atom is 0.174 e. The molecule has 1 aliphatic heterocycles. The molecule has 0 saturated carbocycles. The van der Waals surface area contributed by atoms with Crippen LogP contribution >= 0.6 is 12.2 Å². The molecule has 0 amide bonds. The number of aromatic nitrogens is 2. The topological polar surface area (TPSA) is 62.5 Å². The van der Waals surface area contributed by atoms with Gasteiger partial charge in [0.2, 0.25) is 0 Å². The Hall–Kier alpha value is -3.84. The number of para-hydroxylation sites is 2. The molecular formula is C25H22N4O2S. The number of aromatic hydroxyl groups is 1. The van der Waals surface area contributed by atoms with Gasteiger partial charge in [-0.15, -0.1) is 0 Å². The zero-order valence-corrected chi connectivity index (χ0v) is 18.2. The lowest BCUT2D eigenvalue weighted by molar-refractivity contribution is 0.414. The fraction of sp³-hybridized carbons (Fsp3) is 0.120. The maximum absolute atomic E-state index is 10.6. The lowest BCUT2D eigenvalue weighted by Gasteiger charge is -2.29. The molecular weight excluding hydrogens is 420 g/mol. The summed E-state index contributed by atoms with van der Waals surface area (Å²) in [5.41, 5.74) is 3.54. The van der Waals surface area contributed by atoms with Crippen molar-refractivity contribution in [1.82, 2.24) is 14.9 Å². The summed E-state index contributed by atoms with van der Waals surface area (Å²) in [6.45, 7) is 0. The lowest BCUT2D eigenvalue weighted by atomic mass is 10.0. The van der Waals surface area contributed by atoms with Crippen LogP contribution in [0.3, 0.4) is 0 Å². The Morgan fingerprint density at radius 1 is 0.969 bits per heavy atom. The number of anilines is 1. The van der Waals surface area contributed by atoms with E-state index in [9.17, 15) is 5.11 Å². The first-order chi connectivity index (χ1) is 15.7. The van der Waals surface area contributed by atoms with Crippen molar-refractivity contribution in [3.8, 4) is 17.2 Å². The summed E-state index contributed by atoms with van der Waals surface area (Å²) in [6.07, 6.45) is 3.80. The Balaban J connectivity index is 1.66. The van der Waals surface area contributed by atoms with E-state index in [4.69, 9.17) is 17.0 Å². The summed E-state index contributed by atoms with van der Waals surface area (Å²) in [7, 11) is 1.66. The molecule has 0 bridgehead atoms. The number of pyridine rings is 1. The summed E-state index contributed by atoms with van der Waals surface area (Å²) in [5, 5.41) is 14.6. The van der Waals surface area contributed by atoms with Gasteiger partial charge in [0.05, 0.1) is 24.5 Å². The van der Waals surface area contributed by atoms with E-state index in [0.29, 0.717) is 10.8 Å². The SMILES string of the molecule is COc1ccc(-n2cccc2C2C(c3ccccn3)NC(=S)N2c2ccccc2O)cc1. The van der Waals surface area contributed by atoms with Crippen molar-refractivity contribution in [2.75, 3.05) is 12.0 Å². The van der Waals surface area contributed by atoms with Crippen LogP contribution in [0.5, 0.6) is 11.5 Å². The third-order valence-electron chi connectivity index (χ3n) is 5.67. The van der Waals surface area contributed by atoms with Gasteiger partial charge in [0.1, 0.15) is 17.5 Å². The predicted octanol–water partition coefficient (Wildman–Crippen LogP) is 4.76. The van der Waals surface area contributed by atoms with Gasteiger partial charge in [0.15, 0.2) is 5.11 Å². The summed E-state index contributed by atoms with van der Waals surface area (Å²) in [5.74, 6) is 0.972. The van der Waals surface area contributed by atoms with Crippen LogP contribution < -0.4 is 15.0 Å². The number of thiocarbonyl (C=S) groups is 1. The molecule has 2 aromatic carbocycles. The van der Waals surface area contributed by atoms with E-state index < -0.39 is 0 Å². The number of benzene rings is 2. The minimum atomic E-state index is -0.234. The molecule has 0 radical (unpaired) electrons. The van der Waals surface area contributed by atoms with Crippen molar-refractivity contribution in [1.29, 1.82) is 0 Å². The maximum atomic E-state index is 10.6. The van der Waals surface area contributed by atoms with Crippen LogP contribution in [0.25, 0.3) is 5.69 Å². The molecule has 6 nitrogen and oxygen atoms in total. The summed E-state index contributed by atoms with van der Waals surface area (Å²) in [6, 6.07) is 24.7. The van der Waals surface area contributed by atoms with E-state index in [2.05, 4.69) is 20.9 Å². The monoisotopic (exact) mass is 442 g/mol. The van der Waals surface area contributed by atoms with Gasteiger partial charge in [-0.25, -0.2) is 0 Å². The molecule has 2 aromatic heterocycles. The highest BCUT2D eigenvalue weighted by molar-refractivity contribution is 7.80. The third-order valence-corrected chi connectivity index (χ3v) is 5.99. The van der Waals surface area contributed by atoms with Crippen LogP contribution in [-0.4, -0.2) is 26.9 Å². The minimum absolute atomic E-state index is 0.172. The standard InChI is InChI=1S/C25H22N4O2S/c1-31-18-13-11-17(12-14-18)28-16-6-9-21(28)24-23(19-7-4-5-15-26-19)27-25(32)29(24)20-8-2-3-10-22(20)30/h2-16,23-24,30H,1H3,(H,27,32). The zero-order valence-electron chi connectivity index (χ0n) is 17.4. The first-order valence-corrected chi connectivity index (χ1v) is 10.7. The molecule has 1 aliphatic rings. The zero-order chi connectivity index (χ0) is 22.1. The first-order valence-electron chi connectivity index (χ1n) is 10.3. The smallest absolute Gasteiger partial charge is 0.174 e. The van der Waals surface area contributed by atoms with E-state index in [-0.39, 0.29) is 17.8 Å². The van der Waals surface area contributed by atoms with E-state index >= 15 is 0 Å². The van der Waals surface area contributed by atoms with E-state index in [1.54, 1.807) is 25.4 Å². The van der Waals surface area contributed by atoms with Crippen molar-refractivity contribution in [2.45, 2.75) is 12.1 Å². The summed E-state index contributed by atoms with van der Waals surface area (Å²) >= 11 is 5.75. The molecule has 2 unspecified atom stereocenters. The largest absolute Gasteiger partial charge is 0.506 e. The van der Waals surface area contributed by atoms with Crippen LogP contribution in [0.4, 0.5) is 5.69 Å². The fourth-order valence-corrected chi connectivity index (χ4v) is 4.53. The molecule has 4 aromatic rings. The molecule has 2 N–H and O–H groups in total. The highest BCUT2D eigenvalue weighted by Gasteiger charge is 2.42. The number of nitrogens with zero attached hydrogens (tertiary/aromatic N) is 3. The second-order valence-electron chi connectivity index (χ2n) is 7.49. The van der Waals surface area contributed by atoms with Crippen LogP contribution in [0.2, 0.25) is 0 Å². The van der Waals surface area contributed by atoms with Crippen molar-refractivity contribution in [2.24, 2.45) is 0 Å². The van der Waals surface area contributed by atoms with Gasteiger partial charge >= 0.3 is 0 Å². The Morgan fingerprint density at radius 3 is 2.47 bits per heavy atom. The Kier molecular flexibility index (Phi) is 5.25. The van der Waals surface area contributed by atoms with Gasteiger partial charge in [0, 0.05) is 23.8 Å². The summed E-state index contributed by atoms with van der Waals surface area (Å²) in [4.78, 5) is 6.57. The van der Waals surface area contributed by atoms with Crippen molar-refractivity contribution in [3.05, 3.63) is 103 Å². The van der Waals surface area contributed by atoms with Gasteiger partial charge in [-0.05, 0) is 72.9 Å². The number of rotatable bonds is 5. The molecule has 2 atom stereocenters. The number of phenols is 1. The van der Waals surface area contributed by atoms with Crippen molar-refractivity contribution < 1.29 is 9.84 Å². The van der Waals surface area contributed by atoms with E-state index in [1.165, 1.54) is 0 Å². The van der Waals surface area contributed by atoms with Gasteiger partial charge in [0.25, 0.3) is 0 Å². The van der Waals surface area contributed by atoms with Gasteiger partial charge in [-0.3, -0.25) is 4.98 Å². The normalized spacial score (nSPS) is 17.9. The number of phenolic OH excluding ortho intramolecular Hbond substituents is 1. The van der Waals surface area contributed by atoms with Crippen molar-refractivity contribution in [3.63, 3.8) is 0 Å². The number of nitrogens with one attached hydrogen (secondary N) is 1. The molecule has 0 aliphatic carbocycles. The van der Waals surface area contributed by atoms with Gasteiger partial charge in [-0.2, -0.15) is 0 Å². The average Bonchev–Trinajstić information content (AvgIpc) is 3.44. The molecule has 160 valence electrons. The number of ether oxygens (including phenoxy) is 1. The van der Waals surface area contributed by atoms with Crippen LogP contribution in [0.1, 0.15) is 23.5 Å². The van der Waals surface area contributed by atoms with Gasteiger partial charge < -0.3 is 24.6 Å². The number of hydrogen-bond donors (Lipinski definition) is 2. The number of hydrogen-bond acceptors (Lipinski definition) is 4. The highest BCUT2D eigenvalue weighted by Crippen LogP contribution is 2.44. The minimum Gasteiger partial charge on any atom is -0.506 e. The van der Waals surface area contributed by atoms with Gasteiger partial charge in [-0.1, -0.05) is 18.2 Å². The number of methoxy groups -OCH3 is 1. The molecule has 7 heteroatoms. The van der Waals surface area contributed by atoms with Crippen LogP contribution in [0, 0.1) is 0 Å². The Bertz CT molecular complexity index is 1240. The lowest BCUT2D eigenvalue weighted by Crippen LogP contribution is -2.30. The molecule has 1 fully saturated rings. The van der Waals surface area contributed by atoms with E-state index in [0.717, 1.165) is 22.8 Å². The Morgan fingerprint density at radius 2 is 1.75 bits per heavy atom. The molecule has 1 saturated heterocycles. The molecule has 0 spiro atoms. The first kappa shape index (κ1) is 20.1. The Labute approximate surface area is 191 Å². The average molecular weight is 443 g/mol. The second kappa shape index (κ2) is 8.36. The van der Waals surface area contributed by atoms with E-state index in [1.807, 2.05) is 71.8 Å². The van der Waals surface area contributed by atoms with Crippen molar-refractivity contribution >= 4 is 23.0 Å². The van der Waals surface area contributed by atoms with Crippen LogP contribution in [0.15, 0.2) is 91.3 Å². The fourth-order valence-electron chi connectivity index (χ4n) is 4.20. The third kappa shape index (κ3) is 3.46. The predicted molar refractivity (Wildman–Crippen MR) is 128 cm³/mol. The molecule has 3 heterocycles. The molecule has 5 rings (SSSR count). The quantitative estimate of drug-likeness (QED) is 0.435. The molecule has 32 heavy (non-hydrogen) atoms.